The zero-order chi connectivity index (χ0) is 93.6. The number of nitrogens with two attached hydrogens (primary N) is 3. The molecule has 18 N–H and O–H groups in total. The highest BCUT2D eigenvalue weighted by molar-refractivity contribution is 8.00. The van der Waals surface area contributed by atoms with Crippen molar-refractivity contribution in [1.29, 1.82) is 0 Å². The fourth-order valence-electron chi connectivity index (χ4n) is 15.9. The molecule has 6 atom stereocenters. The molecule has 43 nitrogen and oxygen atoms in total. The third-order valence-corrected chi connectivity index (χ3v) is 28.2. The largest absolute Gasteiger partial charge is 0.478 e. The van der Waals surface area contributed by atoms with Crippen molar-refractivity contribution >= 4 is 181 Å². The summed E-state index contributed by atoms with van der Waals surface area (Å²) in [6.45, 7) is 8.85. The van der Waals surface area contributed by atoms with Gasteiger partial charge in [0, 0.05) is 83.6 Å². The quantitative estimate of drug-likeness (QED) is 0.0163. The number of β-lactam (4-membered cyclic amide) rings is 3. The third-order valence-electron chi connectivity index (χ3n) is 22.2. The molecule has 0 aromatic carbocycles. The minimum atomic E-state index is -4.64. The van der Waals surface area contributed by atoms with Crippen molar-refractivity contribution in [3.05, 3.63) is 138 Å². The number of carbonyl (C=O) groups is 12. The maximum Gasteiger partial charge on any atom is 0.466 e. The second kappa shape index (κ2) is 37.6. The van der Waals surface area contributed by atoms with Crippen molar-refractivity contribution in [2.75, 3.05) is 75.2 Å². The lowest BCUT2D eigenvalue weighted by atomic mass is 9.92. The Morgan fingerprint density at radius 2 is 0.641 bits per heavy atom. The van der Waals surface area contributed by atoms with Crippen LogP contribution in [0.25, 0.3) is 0 Å². The predicted molar refractivity (Wildman–Crippen MR) is 468 cm³/mol. The number of thioether (sulfide) groups is 3. The van der Waals surface area contributed by atoms with Gasteiger partial charge in [-0.05, 0) is 119 Å². The molecule has 686 valence electrons. The first-order valence-corrected chi connectivity index (χ1v) is 47.1. The number of nitrogens with zero attached hydrogens (tertiary/aromatic N) is 12. The second-order valence-electron chi connectivity index (χ2n) is 33.7. The highest BCUT2D eigenvalue weighted by Gasteiger charge is 2.59. The summed E-state index contributed by atoms with van der Waals surface area (Å²) in [5.74, 6) is -10.6. The van der Waals surface area contributed by atoms with Crippen LogP contribution in [0.15, 0.2) is 136 Å². The second-order valence-corrected chi connectivity index (χ2v) is 40.7. The predicted octanol–water partition coefficient (Wildman–Crippen LogP) is 4.62. The van der Waals surface area contributed by atoms with Gasteiger partial charge in [-0.3, -0.25) is 56.9 Å². The standard InChI is InChI=1S/3C26H30N6O7S2.H3O4P/c3*1-26(2,24(37)38)39-30-17(16-12-41-25(27)28-16)20(33)29-18-21(34)31-19(23(35)36)15(11-40-22(18)31)10-32(3)8-13-6-4-5-7-14(13)9-32;1-5(2,3)4/h3*8-9,12,18,22H,4-7,10-11H2,1-3H3,(H4-,27,28,29,33,35,36,37,38);(H3,1,2,3,4)/p+3/b3*30-17-;/t3*18-,22-;/m111./s1. The van der Waals surface area contributed by atoms with Crippen molar-refractivity contribution < 1.29 is 135 Å². The molecule has 12 heterocycles. The zero-order valence-corrected chi connectivity index (χ0v) is 76.2. The van der Waals surface area contributed by atoms with E-state index in [1.54, 1.807) is 0 Å². The molecule has 12 aliphatic rings. The number of aromatic nitrogens is 3. The Hall–Kier alpha value is -11.0. The van der Waals surface area contributed by atoms with Gasteiger partial charge in [-0.15, -0.1) is 69.3 Å². The number of anilines is 3. The highest BCUT2D eigenvalue weighted by atomic mass is 32.2. The van der Waals surface area contributed by atoms with E-state index in [1.807, 2.05) is 21.1 Å². The van der Waals surface area contributed by atoms with E-state index in [0.717, 1.165) is 111 Å². The van der Waals surface area contributed by atoms with E-state index in [9.17, 15) is 88.2 Å². The van der Waals surface area contributed by atoms with Crippen LogP contribution in [0.2, 0.25) is 0 Å². The first-order valence-electron chi connectivity index (χ1n) is 39.8. The lowest BCUT2D eigenvalue weighted by Gasteiger charge is -2.49. The van der Waals surface area contributed by atoms with E-state index >= 15 is 0 Å². The van der Waals surface area contributed by atoms with Gasteiger partial charge in [0.1, 0.15) is 125 Å². The van der Waals surface area contributed by atoms with Gasteiger partial charge in [-0.1, -0.05) is 15.5 Å². The molecule has 0 bridgehead atoms. The van der Waals surface area contributed by atoms with E-state index in [0.29, 0.717) is 67.1 Å². The summed E-state index contributed by atoms with van der Waals surface area (Å²) >= 11 is 7.25. The van der Waals surface area contributed by atoms with Crippen molar-refractivity contribution in [3.8, 4) is 0 Å². The summed E-state index contributed by atoms with van der Waals surface area (Å²) in [5, 5.41) is 80.3. The number of allylic oxidation sites excluding steroid dienone is 6. The fraction of sp³-hybridized carbons (Fsp3) is 0.462. The SMILES string of the molecule is CC(C)(O/N=C(\C(=O)N[C@@H]1C(=O)N2C(C(=O)O)=C(C[N+]3(C)C=C4CCCCC4=C3)CS[C@H]12)c1csc(N)n1)C(=O)O.CC(C)(O/N=C(\C(=O)N[C@@H]1C(=O)N2C(C(=O)O)=C(C[N+]3(C)C=C4CCCCC4=C3)CS[C@H]12)c1csc(N)n1)C(=O)O.CC(C)(O/N=C(\C(=O)N[C@@H]1C(=O)N2C(C(=O)O)=C(C[N+]3(C)C=C4CCCCC4=C3)CS[C@H]12)c1csc(N)n1)C(=O)O.O=P(O)(O)O. The molecule has 3 aromatic rings. The van der Waals surface area contributed by atoms with Crippen molar-refractivity contribution in [3.63, 3.8) is 0 Å². The van der Waals surface area contributed by atoms with Gasteiger partial charge in [-0.25, -0.2) is 48.3 Å². The number of carboxylic acids is 6. The number of carbonyl (C=O) groups excluding carboxylic acids is 6. The minimum absolute atomic E-state index is 0.0471. The number of amides is 6. The molecular weight excluding hydrogens is 1810 g/mol. The zero-order valence-electron chi connectivity index (χ0n) is 70.4. The van der Waals surface area contributed by atoms with Crippen LogP contribution in [0.4, 0.5) is 15.4 Å². The van der Waals surface area contributed by atoms with Crippen molar-refractivity contribution in [2.45, 2.75) is 170 Å². The monoisotopic (exact) mass is 1910 g/mol. The molecular formula is C78H96N18O25PS6+3. The van der Waals surface area contributed by atoms with Gasteiger partial charge >= 0.3 is 43.6 Å². The van der Waals surface area contributed by atoms with Crippen LogP contribution in [-0.2, 0) is 76.6 Å². The van der Waals surface area contributed by atoms with Crippen molar-refractivity contribution in [1.82, 2.24) is 45.6 Å². The fourth-order valence-corrected chi connectivity index (χ4v) is 21.6. The van der Waals surface area contributed by atoms with Crippen molar-refractivity contribution in [2.24, 2.45) is 15.5 Å². The number of hydrogen-bond acceptors (Lipinski definition) is 31. The average Bonchev–Trinajstić information content (AvgIpc) is 1.26. The minimum Gasteiger partial charge on any atom is -0.478 e. The third kappa shape index (κ3) is 21.3. The Balaban J connectivity index is 0.000000169. The maximum absolute atomic E-state index is 13.3. The molecule has 3 saturated heterocycles. The van der Waals surface area contributed by atoms with E-state index in [2.05, 4.69) is 83.6 Å². The summed E-state index contributed by atoms with van der Waals surface area (Å²) in [6, 6.07) is -3.08. The number of thiazole rings is 3. The van der Waals surface area contributed by atoms with E-state index in [4.69, 9.17) is 51.0 Å². The van der Waals surface area contributed by atoms with Gasteiger partial charge in [-0.2, -0.15) is 0 Å². The normalized spacial score (nSPS) is 23.2. The summed E-state index contributed by atoms with van der Waals surface area (Å²) in [6.07, 6.45) is 26.0. The molecule has 3 aliphatic carbocycles. The number of carboxylic acid groups (broad SMARTS) is 6. The number of quaternary nitrogens is 3. The number of likely N-dealkylation sites (N-methyl/N-ethyl adjacent to an activating group) is 3. The number of oxime groups is 3. The number of aliphatic carboxylic acids is 6. The van der Waals surface area contributed by atoms with Crippen LogP contribution in [0.1, 0.15) is 136 Å². The number of phosphoric acid groups is 1. The first-order chi connectivity index (χ1) is 59.9. The van der Waals surface area contributed by atoms with E-state index < -0.39 is 130 Å². The molecule has 0 spiro atoms. The first kappa shape index (κ1) is 96.1. The van der Waals surface area contributed by atoms with E-state index in [-0.39, 0.29) is 66.7 Å². The average molecular weight is 1910 g/mol. The molecule has 6 fully saturated rings. The molecule has 128 heavy (non-hydrogen) atoms. The lowest BCUT2D eigenvalue weighted by Crippen LogP contribution is -2.71. The number of rotatable bonds is 27. The summed E-state index contributed by atoms with van der Waals surface area (Å²) in [4.78, 5) is 204. The molecule has 50 heteroatoms. The smallest absolute Gasteiger partial charge is 0.466 e. The van der Waals surface area contributed by atoms with Gasteiger partial charge in [0.2, 0.25) is 16.8 Å². The number of hydrogen-bond donors (Lipinski definition) is 15. The number of fused-ring (bicyclic) bond motifs is 6. The van der Waals surface area contributed by atoms with Crippen LogP contribution in [0, 0.1) is 0 Å². The van der Waals surface area contributed by atoms with Crippen LogP contribution in [-0.4, -0.2) is 286 Å². The Bertz CT molecular complexity index is 5020. The highest BCUT2D eigenvalue weighted by Crippen LogP contribution is 2.48. The summed E-state index contributed by atoms with van der Waals surface area (Å²) in [5.41, 5.74) is 20.6. The van der Waals surface area contributed by atoms with Gasteiger partial charge in [0.15, 0.2) is 32.5 Å². The van der Waals surface area contributed by atoms with Gasteiger partial charge in [0.05, 0.1) is 21.1 Å². The maximum atomic E-state index is 13.3. The summed E-state index contributed by atoms with van der Waals surface area (Å²) < 4.78 is 10.2. The molecule has 0 unspecified atom stereocenters. The lowest BCUT2D eigenvalue weighted by molar-refractivity contribution is -0.799. The number of nitrogens with one attached hydrogen (secondary N) is 3. The van der Waals surface area contributed by atoms with Crippen LogP contribution < -0.4 is 33.2 Å². The van der Waals surface area contributed by atoms with Gasteiger partial charge in [0.25, 0.3) is 35.4 Å². The topological polar surface area (TPSA) is 631 Å². The summed E-state index contributed by atoms with van der Waals surface area (Å²) in [7, 11) is 1.45. The molecule has 3 saturated carbocycles. The molecule has 0 radical (unpaired) electrons. The number of nitrogen functional groups attached to an aromatic ring is 3. The molecule has 9 aliphatic heterocycles. The van der Waals surface area contributed by atoms with Crippen LogP contribution in [0.3, 0.4) is 0 Å². The Morgan fingerprint density at radius 3 is 0.820 bits per heavy atom. The van der Waals surface area contributed by atoms with Gasteiger partial charge < -0.3 is 93.0 Å². The van der Waals surface area contributed by atoms with E-state index in [1.165, 1.54) is 141 Å². The molecule has 15 rings (SSSR count). The molecule has 3 aromatic heterocycles. The Morgan fingerprint density at radius 1 is 0.430 bits per heavy atom. The van der Waals surface area contributed by atoms with Crippen LogP contribution >= 0.6 is 77.1 Å². The molecule has 6 amide bonds. The Labute approximate surface area is 755 Å². The Kier molecular flexibility index (Phi) is 28.3. The van der Waals surface area contributed by atoms with Crippen LogP contribution in [0.5, 0.6) is 0 Å².